The lowest BCUT2D eigenvalue weighted by Crippen LogP contribution is -2.31. The maximum atomic E-state index is 12.9. The molecule has 488 valence electrons. The highest BCUT2D eigenvalue weighted by Crippen LogP contribution is 2.40. The van der Waals surface area contributed by atoms with Gasteiger partial charge in [0.05, 0.1) is 20.8 Å². The number of unbranched alkanes of at least 4 members (excludes halogenated alkanes) is 1. The number of hydrogen-bond donors (Lipinski definition) is 5. The number of esters is 1. The van der Waals surface area contributed by atoms with Crippen molar-refractivity contribution in [1.29, 1.82) is 0 Å². The quantitative estimate of drug-likeness (QED) is 0.0129. The number of rotatable bonds is 38. The van der Waals surface area contributed by atoms with Crippen LogP contribution < -0.4 is 0 Å². The van der Waals surface area contributed by atoms with Gasteiger partial charge in [0.15, 0.2) is 11.9 Å². The van der Waals surface area contributed by atoms with Gasteiger partial charge in [-0.3, -0.25) is 14.4 Å². The fraction of sp³-hybridized carbons (Fsp3) is 0.589. The van der Waals surface area contributed by atoms with Gasteiger partial charge in [-0.2, -0.15) is 0 Å². The summed E-state index contributed by atoms with van der Waals surface area (Å²) in [5.74, 6) is -2.74. The molecule has 14 heteroatoms. The minimum absolute atomic E-state index is 0.00667. The Bertz CT molecular complexity index is 2600. The van der Waals surface area contributed by atoms with E-state index in [1.165, 1.54) is 108 Å². The average molecular weight is 1250 g/mol. The summed E-state index contributed by atoms with van der Waals surface area (Å²) in [4.78, 5) is 46.3. The average Bonchev–Trinajstić information content (AvgIpc) is 1.77. The molecule has 2 heterocycles. The Morgan fingerprint density at radius 1 is 0.552 bits per heavy atom. The second-order valence-corrected chi connectivity index (χ2v) is 26.7. The Labute approximate surface area is 533 Å². The van der Waals surface area contributed by atoms with Gasteiger partial charge < -0.3 is 39.7 Å². The molecular weight excluding hydrogens is 1130 g/mol. The van der Waals surface area contributed by atoms with Crippen LogP contribution in [0.2, 0.25) is 0 Å². The van der Waals surface area contributed by atoms with Crippen LogP contribution in [0.3, 0.4) is 0 Å². The number of aliphatic hydroxyl groups is 4. The molecule has 5 N–H and O–H groups in total. The molecule has 0 spiro atoms. The van der Waals surface area contributed by atoms with Crippen molar-refractivity contribution in [2.45, 2.75) is 255 Å². The van der Waals surface area contributed by atoms with E-state index in [1.807, 2.05) is 21.6 Å². The fourth-order valence-electron chi connectivity index (χ4n) is 9.63. The van der Waals surface area contributed by atoms with E-state index in [1.54, 1.807) is 6.92 Å². The number of ether oxygens (including phenoxy) is 3. The molecule has 3 atom stereocenters. The molecule has 1 fully saturated rings. The molecule has 0 bridgehead atoms. The molecule has 12 nitrogen and oxygen atoms in total. The van der Waals surface area contributed by atoms with E-state index < -0.39 is 42.3 Å². The van der Waals surface area contributed by atoms with E-state index >= 15 is 0 Å². The van der Waals surface area contributed by atoms with E-state index in [-0.39, 0.29) is 23.1 Å². The van der Waals surface area contributed by atoms with E-state index in [2.05, 4.69) is 142 Å². The molecule has 0 unspecified atom stereocenters. The van der Waals surface area contributed by atoms with Crippen LogP contribution in [0.25, 0.3) is 0 Å². The zero-order valence-corrected chi connectivity index (χ0v) is 57.4. The first kappa shape index (κ1) is 79.7. The molecule has 0 saturated carbocycles. The molecule has 1 saturated heterocycles. The predicted molar refractivity (Wildman–Crippen MR) is 365 cm³/mol. The molecule has 0 aromatic carbocycles. The minimum Gasteiger partial charge on any atom is -0.505 e. The van der Waals surface area contributed by atoms with Crippen LogP contribution >= 0.6 is 21.6 Å². The number of ketones is 2. The number of carbonyl (C=O) groups excluding carboxylic acids is 3. The third-order valence-corrected chi connectivity index (χ3v) is 18.5. The summed E-state index contributed by atoms with van der Waals surface area (Å²) in [5.41, 5.74) is 15.5. The number of hydrogen-bond acceptors (Lipinski definition) is 13. The Morgan fingerprint density at radius 3 is 1.21 bits per heavy atom. The molecular formula is C73H112O12S2. The van der Waals surface area contributed by atoms with Crippen molar-refractivity contribution < 1.29 is 58.9 Å². The van der Waals surface area contributed by atoms with E-state index in [9.17, 15) is 19.2 Å². The summed E-state index contributed by atoms with van der Waals surface area (Å²) in [6.07, 6.45) is 46.3. The Hall–Kier alpha value is -5.28. The van der Waals surface area contributed by atoms with Crippen molar-refractivity contribution in [2.75, 3.05) is 26.6 Å². The summed E-state index contributed by atoms with van der Waals surface area (Å²) < 4.78 is 14.7. The highest BCUT2D eigenvalue weighted by molar-refractivity contribution is 8.77. The van der Waals surface area contributed by atoms with E-state index in [0.29, 0.717) is 24.0 Å². The van der Waals surface area contributed by atoms with Gasteiger partial charge in [-0.15, -0.1) is 0 Å². The molecule has 3 aliphatic rings. The Kier molecular flexibility index (Phi) is 42.9. The summed E-state index contributed by atoms with van der Waals surface area (Å²) >= 11 is 0. The summed E-state index contributed by atoms with van der Waals surface area (Å²) in [7, 11) is 6.69. The van der Waals surface area contributed by atoms with Gasteiger partial charge in [0, 0.05) is 28.6 Å². The third kappa shape index (κ3) is 36.1. The Morgan fingerprint density at radius 2 is 0.908 bits per heavy atom. The number of carbonyl (C=O) groups is 4. The first-order chi connectivity index (χ1) is 41.3. The zero-order valence-electron chi connectivity index (χ0n) is 55.8. The van der Waals surface area contributed by atoms with Crippen molar-refractivity contribution >= 4 is 45.1 Å². The molecule has 1 aliphatic carbocycles. The molecule has 0 aromatic rings. The SMILES string of the molecule is COC1=C(OC)C(=O)C(C/C=C(\C)CC/C=C(\C)CC/C=C(\C)CC/C=C(\C)CC/C=C(\C)CC/C=C(/C)CC/C=C(\C)CC/C=C(\C)CC/C=C(\C)CCC=C(C)C)=C(C)C1=O.O=C(O)CCCC[C@@H]1CCSS1.O=C1O[C@H]([C@@H](O)CO)C(O)=C1O. The molecule has 0 amide bonds. The van der Waals surface area contributed by atoms with Crippen molar-refractivity contribution in [3.63, 3.8) is 0 Å². The van der Waals surface area contributed by atoms with Gasteiger partial charge in [-0.25, -0.2) is 4.79 Å². The number of carboxylic acid groups (broad SMARTS) is 1. The topological polar surface area (TPSA) is 197 Å². The first-order valence-corrected chi connectivity index (χ1v) is 34.0. The van der Waals surface area contributed by atoms with Crippen LogP contribution in [0.4, 0.5) is 0 Å². The van der Waals surface area contributed by atoms with Crippen LogP contribution in [-0.2, 0) is 33.4 Å². The zero-order chi connectivity index (χ0) is 65.3. The number of Topliss-reactive ketones (excluding diaryl/α,β-unsaturated/α-hetero) is 2. The second-order valence-electron chi connectivity index (χ2n) is 23.9. The highest BCUT2D eigenvalue weighted by atomic mass is 33.1. The van der Waals surface area contributed by atoms with Gasteiger partial charge in [0.2, 0.25) is 28.8 Å². The lowest BCUT2D eigenvalue weighted by atomic mass is 9.90. The smallest absolute Gasteiger partial charge is 0.377 e. The maximum Gasteiger partial charge on any atom is 0.377 e. The number of carboxylic acids is 1. The van der Waals surface area contributed by atoms with Gasteiger partial charge in [0.1, 0.15) is 6.10 Å². The van der Waals surface area contributed by atoms with Crippen LogP contribution in [0.15, 0.2) is 151 Å². The maximum absolute atomic E-state index is 12.9. The highest BCUT2D eigenvalue weighted by Gasteiger charge is 2.39. The van der Waals surface area contributed by atoms with Crippen molar-refractivity contribution in [1.82, 2.24) is 0 Å². The van der Waals surface area contributed by atoms with Gasteiger partial charge >= 0.3 is 11.9 Å². The predicted octanol–water partition coefficient (Wildman–Crippen LogP) is 19.2. The number of cyclic esters (lactones) is 1. The number of allylic oxidation sites excluding steroid dienone is 22. The van der Waals surface area contributed by atoms with Gasteiger partial charge in [-0.1, -0.05) is 144 Å². The van der Waals surface area contributed by atoms with Gasteiger partial charge in [0.25, 0.3) is 0 Å². The van der Waals surface area contributed by atoms with Crippen LogP contribution in [0, 0.1) is 0 Å². The lowest BCUT2D eigenvalue weighted by molar-refractivity contribution is -0.147. The molecule has 2 aliphatic heterocycles. The first-order valence-electron chi connectivity index (χ1n) is 31.6. The molecule has 0 radical (unpaired) electrons. The Balaban J connectivity index is 0.00000128. The number of aliphatic carboxylic acids is 1. The van der Waals surface area contributed by atoms with E-state index in [4.69, 9.17) is 35.0 Å². The monoisotopic (exact) mass is 1240 g/mol. The fourth-order valence-corrected chi connectivity index (χ4v) is 12.7. The molecule has 87 heavy (non-hydrogen) atoms. The largest absolute Gasteiger partial charge is 0.505 e. The number of methoxy groups -OCH3 is 2. The molecule has 3 rings (SSSR count). The third-order valence-electron chi connectivity index (χ3n) is 15.5. The van der Waals surface area contributed by atoms with Crippen LogP contribution in [-0.4, -0.2) is 93.1 Å². The van der Waals surface area contributed by atoms with Crippen molar-refractivity contribution in [3.05, 3.63) is 151 Å². The standard InChI is InChI=1S/C59H90O4.C8H14O2S2.C6H8O6/c1-44(2)24-15-25-45(3)26-16-27-46(4)28-17-29-47(5)30-18-31-48(6)32-19-33-49(7)34-20-35-50(8)36-21-37-51(9)38-22-39-52(10)40-23-41-53(11)42-43-55-54(12)56(60)58(62-13)59(63-14)57(55)61;9-8(10)4-2-1-3-7-5-6-11-12-7;7-1-2(8)5-3(9)4(10)6(11)12-5/h24,26,28,30,32,34,36,38,40,42H,15-23,25,27,29,31,33,35,37,39,41,43H2,1-14H3;7H,1-6H2,(H,9,10);2,5,7-10H,1H2/b45-26+,46-28+,47-30+,48-32-,49-34+,50-36+,51-38+,52-40+,53-42+;;/t;7-;2-,5+/m.10/s1. The minimum atomic E-state index is -1.42. The normalized spacial score (nSPS) is 18.2. The lowest BCUT2D eigenvalue weighted by Gasteiger charge is -2.19. The van der Waals surface area contributed by atoms with Crippen molar-refractivity contribution in [3.8, 4) is 0 Å². The number of aliphatic hydroxyl groups excluding tert-OH is 4. The van der Waals surface area contributed by atoms with Crippen molar-refractivity contribution in [2.24, 2.45) is 0 Å². The summed E-state index contributed by atoms with van der Waals surface area (Å²) in [6, 6.07) is 0. The van der Waals surface area contributed by atoms with Crippen LogP contribution in [0.5, 0.6) is 0 Å². The van der Waals surface area contributed by atoms with Gasteiger partial charge in [-0.05, 0) is 224 Å². The second kappa shape index (κ2) is 46.8. The molecule has 0 aromatic heterocycles. The van der Waals surface area contributed by atoms with Crippen LogP contribution in [0.1, 0.15) is 237 Å². The summed E-state index contributed by atoms with van der Waals surface area (Å²) in [6.45, 7) is 25.7. The van der Waals surface area contributed by atoms with E-state index in [0.717, 1.165) is 114 Å². The summed E-state index contributed by atoms with van der Waals surface area (Å²) in [5, 5.41) is 44.2.